The van der Waals surface area contributed by atoms with Crippen LogP contribution in [0.4, 0.5) is 0 Å². The third kappa shape index (κ3) is 4.48. The summed E-state index contributed by atoms with van der Waals surface area (Å²) in [5.41, 5.74) is 0. The van der Waals surface area contributed by atoms with Gasteiger partial charge in [0.2, 0.25) is 21.8 Å². The van der Waals surface area contributed by atoms with Crippen molar-refractivity contribution in [2.24, 2.45) is 5.92 Å². The van der Waals surface area contributed by atoms with E-state index in [1.165, 1.54) is 16.4 Å². The lowest BCUT2D eigenvalue weighted by Gasteiger charge is -2.31. The van der Waals surface area contributed by atoms with Gasteiger partial charge in [0.15, 0.2) is 5.82 Å². The minimum Gasteiger partial charge on any atom is -0.344 e. The Hall–Kier alpha value is -1.97. The second-order valence-electron chi connectivity index (χ2n) is 6.54. The van der Waals surface area contributed by atoms with Gasteiger partial charge in [-0.15, -0.1) is 0 Å². The van der Waals surface area contributed by atoms with E-state index in [1.54, 1.807) is 26.0 Å². The van der Waals surface area contributed by atoms with Crippen LogP contribution in [0.5, 0.6) is 0 Å². The average molecular weight is 413 g/mol. The van der Waals surface area contributed by atoms with E-state index < -0.39 is 16.1 Å². The molecule has 1 aromatic carbocycles. The summed E-state index contributed by atoms with van der Waals surface area (Å²) in [5.74, 6) is 0.463. The van der Waals surface area contributed by atoms with Crippen molar-refractivity contribution in [3.8, 4) is 0 Å². The monoisotopic (exact) mass is 412 g/mol. The van der Waals surface area contributed by atoms with Gasteiger partial charge in [0.1, 0.15) is 6.04 Å². The number of benzene rings is 1. The van der Waals surface area contributed by atoms with Gasteiger partial charge in [-0.05, 0) is 51.0 Å². The molecule has 1 saturated heterocycles. The number of rotatable bonds is 5. The molecule has 1 amide bonds. The number of amides is 1. The minimum atomic E-state index is -3.58. The first-order valence-electron chi connectivity index (χ1n) is 8.63. The molecule has 1 aliphatic heterocycles. The first-order chi connectivity index (χ1) is 12.8. The van der Waals surface area contributed by atoms with Gasteiger partial charge >= 0.3 is 0 Å². The molecule has 0 aliphatic carbocycles. The molecule has 0 spiro atoms. The number of halogens is 1. The van der Waals surface area contributed by atoms with E-state index in [1.807, 2.05) is 0 Å². The van der Waals surface area contributed by atoms with E-state index in [-0.39, 0.29) is 29.8 Å². The van der Waals surface area contributed by atoms with Gasteiger partial charge in [0.05, 0.1) is 4.90 Å². The molecule has 2 heterocycles. The lowest BCUT2D eigenvalue weighted by Crippen LogP contribution is -2.43. The van der Waals surface area contributed by atoms with Crippen molar-refractivity contribution >= 4 is 27.5 Å². The molecule has 1 fully saturated rings. The zero-order valence-electron chi connectivity index (χ0n) is 15.1. The number of aryl methyl sites for hydroxylation is 1. The molecule has 1 aromatic heterocycles. The van der Waals surface area contributed by atoms with E-state index in [0.717, 1.165) is 0 Å². The van der Waals surface area contributed by atoms with Gasteiger partial charge < -0.3 is 9.84 Å². The third-order valence-corrected chi connectivity index (χ3v) is 6.71. The molecule has 1 aliphatic rings. The first kappa shape index (κ1) is 19.8. The lowest BCUT2D eigenvalue weighted by molar-refractivity contribution is -0.126. The SMILES string of the molecule is Cc1noc(C(C)NC(=O)C2CCN(S(=O)(=O)c3ccc(Cl)cc3)CC2)n1. The Morgan fingerprint density at radius 2 is 1.93 bits per heavy atom. The van der Waals surface area contributed by atoms with E-state index in [0.29, 0.717) is 29.6 Å². The predicted molar refractivity (Wildman–Crippen MR) is 98.5 cm³/mol. The van der Waals surface area contributed by atoms with Gasteiger partial charge in [-0.2, -0.15) is 9.29 Å². The highest BCUT2D eigenvalue weighted by atomic mass is 35.5. The van der Waals surface area contributed by atoms with E-state index in [4.69, 9.17) is 16.1 Å². The quantitative estimate of drug-likeness (QED) is 0.807. The van der Waals surface area contributed by atoms with Crippen LogP contribution in [0.15, 0.2) is 33.7 Å². The molecule has 1 atom stereocenters. The van der Waals surface area contributed by atoms with Crippen molar-refractivity contribution in [2.45, 2.75) is 37.6 Å². The third-order valence-electron chi connectivity index (χ3n) is 4.55. The topological polar surface area (TPSA) is 105 Å². The number of nitrogens with one attached hydrogen (secondary N) is 1. The van der Waals surface area contributed by atoms with Crippen LogP contribution in [0.25, 0.3) is 0 Å². The van der Waals surface area contributed by atoms with Crippen LogP contribution in [-0.4, -0.2) is 41.9 Å². The second kappa shape index (κ2) is 7.95. The van der Waals surface area contributed by atoms with Crippen molar-refractivity contribution < 1.29 is 17.7 Å². The van der Waals surface area contributed by atoms with Crippen LogP contribution in [0.3, 0.4) is 0 Å². The Morgan fingerprint density at radius 1 is 1.30 bits per heavy atom. The summed E-state index contributed by atoms with van der Waals surface area (Å²) in [4.78, 5) is 16.8. The summed E-state index contributed by atoms with van der Waals surface area (Å²) in [5, 5.41) is 7.04. The number of piperidine rings is 1. The van der Waals surface area contributed by atoms with Crippen molar-refractivity contribution in [3.05, 3.63) is 41.0 Å². The van der Waals surface area contributed by atoms with E-state index in [9.17, 15) is 13.2 Å². The summed E-state index contributed by atoms with van der Waals surface area (Å²) in [6.45, 7) is 4.05. The van der Waals surface area contributed by atoms with Crippen LogP contribution in [0.2, 0.25) is 5.02 Å². The molecular formula is C17H21ClN4O4S. The predicted octanol–water partition coefficient (Wildman–Crippen LogP) is 2.31. The number of carbonyl (C=O) groups is 1. The molecule has 0 bridgehead atoms. The van der Waals surface area contributed by atoms with Crippen LogP contribution in [0, 0.1) is 12.8 Å². The Balaban J connectivity index is 1.58. The highest BCUT2D eigenvalue weighted by molar-refractivity contribution is 7.89. The van der Waals surface area contributed by atoms with Gasteiger partial charge in [-0.1, -0.05) is 16.8 Å². The number of hydrogen-bond acceptors (Lipinski definition) is 6. The van der Waals surface area contributed by atoms with Crippen LogP contribution >= 0.6 is 11.6 Å². The zero-order valence-corrected chi connectivity index (χ0v) is 16.6. The number of hydrogen-bond donors (Lipinski definition) is 1. The summed E-state index contributed by atoms with van der Waals surface area (Å²) in [6, 6.07) is 5.69. The molecule has 1 unspecified atom stereocenters. The summed E-state index contributed by atoms with van der Waals surface area (Å²) < 4.78 is 31.9. The Morgan fingerprint density at radius 3 is 2.48 bits per heavy atom. The fourth-order valence-electron chi connectivity index (χ4n) is 3.00. The van der Waals surface area contributed by atoms with E-state index in [2.05, 4.69) is 15.5 Å². The number of sulfonamides is 1. The molecule has 2 aromatic rings. The molecular weight excluding hydrogens is 392 g/mol. The molecule has 0 saturated carbocycles. The number of carbonyl (C=O) groups excluding carboxylic acids is 1. The molecule has 3 rings (SSSR count). The largest absolute Gasteiger partial charge is 0.344 e. The normalized spacial score (nSPS) is 17.6. The Bertz CT molecular complexity index is 905. The van der Waals surface area contributed by atoms with Crippen LogP contribution in [0.1, 0.15) is 37.5 Å². The highest BCUT2D eigenvalue weighted by Gasteiger charge is 2.32. The van der Waals surface area contributed by atoms with Crippen molar-refractivity contribution in [2.75, 3.05) is 13.1 Å². The van der Waals surface area contributed by atoms with Crippen molar-refractivity contribution in [3.63, 3.8) is 0 Å². The lowest BCUT2D eigenvalue weighted by atomic mass is 9.97. The smallest absolute Gasteiger partial charge is 0.248 e. The van der Waals surface area contributed by atoms with Crippen LogP contribution < -0.4 is 5.32 Å². The fraction of sp³-hybridized carbons (Fsp3) is 0.471. The first-order valence-corrected chi connectivity index (χ1v) is 10.5. The molecule has 8 nitrogen and oxygen atoms in total. The van der Waals surface area contributed by atoms with Gasteiger partial charge in [0.25, 0.3) is 0 Å². The summed E-state index contributed by atoms with van der Waals surface area (Å²) >= 11 is 5.82. The molecule has 1 N–H and O–H groups in total. The maximum atomic E-state index is 12.7. The second-order valence-corrected chi connectivity index (χ2v) is 8.92. The summed E-state index contributed by atoms with van der Waals surface area (Å²) in [6.07, 6.45) is 0.905. The van der Waals surface area contributed by atoms with Crippen molar-refractivity contribution in [1.82, 2.24) is 19.8 Å². The van der Waals surface area contributed by atoms with Gasteiger partial charge in [-0.25, -0.2) is 8.42 Å². The molecule has 146 valence electrons. The van der Waals surface area contributed by atoms with Crippen LogP contribution in [-0.2, 0) is 14.8 Å². The Labute approximate surface area is 162 Å². The standard InChI is InChI=1S/C17H21ClN4O4S/c1-11(17-20-12(2)21-26-17)19-16(23)13-7-9-22(10-8-13)27(24,25)15-5-3-14(18)4-6-15/h3-6,11,13H,7-10H2,1-2H3,(H,19,23). The zero-order chi connectivity index (χ0) is 19.6. The maximum Gasteiger partial charge on any atom is 0.248 e. The minimum absolute atomic E-state index is 0.137. The number of aromatic nitrogens is 2. The number of nitrogens with zero attached hydrogens (tertiary/aromatic N) is 3. The van der Waals surface area contributed by atoms with Crippen molar-refractivity contribution in [1.29, 1.82) is 0 Å². The summed E-state index contributed by atoms with van der Waals surface area (Å²) in [7, 11) is -3.58. The van der Waals surface area contributed by atoms with Gasteiger partial charge in [-0.3, -0.25) is 4.79 Å². The average Bonchev–Trinajstić information content (AvgIpc) is 3.09. The molecule has 10 heteroatoms. The fourth-order valence-corrected chi connectivity index (χ4v) is 4.59. The molecule has 0 radical (unpaired) electrons. The highest BCUT2D eigenvalue weighted by Crippen LogP contribution is 2.25. The van der Waals surface area contributed by atoms with E-state index >= 15 is 0 Å². The Kier molecular flexibility index (Phi) is 5.83. The molecule has 27 heavy (non-hydrogen) atoms. The van der Waals surface area contributed by atoms with Gasteiger partial charge in [0, 0.05) is 24.0 Å². The maximum absolute atomic E-state index is 12.7.